The van der Waals surface area contributed by atoms with E-state index in [1.54, 1.807) is 10.9 Å². The Bertz CT molecular complexity index is 570. The minimum absolute atomic E-state index is 0.0232. The first-order chi connectivity index (χ1) is 11.5. The van der Waals surface area contributed by atoms with E-state index in [9.17, 15) is 9.90 Å². The molecule has 1 aromatic rings. The van der Waals surface area contributed by atoms with Gasteiger partial charge in [0.05, 0.1) is 16.9 Å². The normalized spacial score (nSPS) is 22.5. The fourth-order valence-corrected chi connectivity index (χ4v) is 4.11. The number of aromatic nitrogens is 2. The number of aliphatic hydroxyl groups is 1. The maximum Gasteiger partial charge on any atom is 0.254 e. The van der Waals surface area contributed by atoms with Crippen LogP contribution < -0.4 is 5.32 Å². The Morgan fingerprint density at radius 2 is 2.00 bits per heavy atom. The van der Waals surface area contributed by atoms with E-state index >= 15 is 0 Å². The molecule has 2 fully saturated rings. The molecular formula is C18H30N4O2. The maximum atomic E-state index is 12.4. The maximum absolute atomic E-state index is 12.4. The second kappa shape index (κ2) is 7.23. The van der Waals surface area contributed by atoms with Gasteiger partial charge in [-0.05, 0) is 32.6 Å². The summed E-state index contributed by atoms with van der Waals surface area (Å²) in [6, 6.07) is 0.217. The highest BCUT2D eigenvalue weighted by Crippen LogP contribution is 2.29. The van der Waals surface area contributed by atoms with Crippen molar-refractivity contribution in [3.8, 4) is 0 Å². The molecule has 0 aromatic carbocycles. The van der Waals surface area contributed by atoms with Crippen molar-refractivity contribution >= 4 is 5.91 Å². The zero-order valence-electron chi connectivity index (χ0n) is 14.9. The molecule has 6 heteroatoms. The van der Waals surface area contributed by atoms with Gasteiger partial charge in [0.25, 0.3) is 5.91 Å². The lowest BCUT2D eigenvalue weighted by Gasteiger charge is -2.40. The van der Waals surface area contributed by atoms with Gasteiger partial charge in [-0.15, -0.1) is 0 Å². The predicted octanol–water partition coefficient (Wildman–Crippen LogP) is 1.62. The first-order valence-electron chi connectivity index (χ1n) is 9.21. The number of nitrogens with one attached hydrogen (secondary N) is 1. The lowest BCUT2D eigenvalue weighted by molar-refractivity contribution is -0.0312. The van der Waals surface area contributed by atoms with Crippen LogP contribution in [0.2, 0.25) is 0 Å². The van der Waals surface area contributed by atoms with Crippen LogP contribution in [0.15, 0.2) is 6.20 Å². The number of amides is 1. The van der Waals surface area contributed by atoms with Gasteiger partial charge in [-0.3, -0.25) is 9.48 Å². The Morgan fingerprint density at radius 1 is 1.33 bits per heavy atom. The molecule has 1 amide bonds. The molecule has 134 valence electrons. The van der Waals surface area contributed by atoms with Crippen LogP contribution in [0.3, 0.4) is 0 Å². The van der Waals surface area contributed by atoms with Crippen LogP contribution in [0, 0.1) is 6.92 Å². The molecule has 1 aliphatic heterocycles. The molecule has 1 aliphatic carbocycles. The second-order valence-electron chi connectivity index (χ2n) is 7.61. The van der Waals surface area contributed by atoms with E-state index in [-0.39, 0.29) is 11.9 Å². The van der Waals surface area contributed by atoms with Crippen LogP contribution in [0.1, 0.15) is 61.0 Å². The molecular weight excluding hydrogens is 304 g/mol. The minimum Gasteiger partial charge on any atom is -0.389 e. The molecule has 0 atom stereocenters. The number of carbonyl (C=O) groups is 1. The van der Waals surface area contributed by atoms with Crippen LogP contribution in [-0.4, -0.2) is 57.0 Å². The lowest BCUT2D eigenvalue weighted by Crippen LogP contribution is -2.50. The van der Waals surface area contributed by atoms with Gasteiger partial charge >= 0.3 is 0 Å². The van der Waals surface area contributed by atoms with E-state index in [4.69, 9.17) is 0 Å². The van der Waals surface area contributed by atoms with Crippen molar-refractivity contribution in [2.24, 2.45) is 7.05 Å². The molecule has 6 nitrogen and oxygen atoms in total. The Hall–Kier alpha value is -1.40. The fourth-order valence-electron chi connectivity index (χ4n) is 4.11. The van der Waals surface area contributed by atoms with Crippen molar-refractivity contribution in [3.05, 3.63) is 17.5 Å². The summed E-state index contributed by atoms with van der Waals surface area (Å²) in [6.07, 6.45) is 9.08. The van der Waals surface area contributed by atoms with Crippen LogP contribution in [0.25, 0.3) is 0 Å². The molecule has 1 saturated heterocycles. The van der Waals surface area contributed by atoms with E-state index in [1.165, 1.54) is 6.42 Å². The highest BCUT2D eigenvalue weighted by Gasteiger charge is 2.33. The summed E-state index contributed by atoms with van der Waals surface area (Å²) in [4.78, 5) is 14.7. The van der Waals surface area contributed by atoms with Crippen molar-refractivity contribution in [1.29, 1.82) is 0 Å². The monoisotopic (exact) mass is 334 g/mol. The standard InChI is InChI=1S/C18H30N4O2/c1-14-16(12-21(2)20-14)17(23)19-15-6-10-22(11-7-15)13-18(24)8-4-3-5-9-18/h12,15,24H,3-11,13H2,1-2H3,(H,19,23). The molecule has 0 radical (unpaired) electrons. The SMILES string of the molecule is Cc1nn(C)cc1C(=O)NC1CCN(CC2(O)CCCCC2)CC1. The van der Waals surface area contributed by atoms with Gasteiger partial charge in [0.2, 0.25) is 0 Å². The Kier molecular flexibility index (Phi) is 5.25. The summed E-state index contributed by atoms with van der Waals surface area (Å²) < 4.78 is 1.68. The average Bonchev–Trinajstić information content (AvgIpc) is 2.88. The Morgan fingerprint density at radius 3 is 2.58 bits per heavy atom. The molecule has 0 spiro atoms. The van der Waals surface area contributed by atoms with Gasteiger partial charge in [-0.25, -0.2) is 0 Å². The van der Waals surface area contributed by atoms with Gasteiger partial charge in [0.15, 0.2) is 0 Å². The van der Waals surface area contributed by atoms with Gasteiger partial charge in [-0.1, -0.05) is 19.3 Å². The molecule has 24 heavy (non-hydrogen) atoms. The smallest absolute Gasteiger partial charge is 0.254 e. The number of rotatable bonds is 4. The number of carbonyl (C=O) groups excluding carboxylic acids is 1. The number of piperidine rings is 1. The summed E-state index contributed by atoms with van der Waals surface area (Å²) in [5.74, 6) is -0.0232. The zero-order valence-corrected chi connectivity index (χ0v) is 14.9. The third-order valence-corrected chi connectivity index (χ3v) is 5.48. The summed E-state index contributed by atoms with van der Waals surface area (Å²) in [7, 11) is 1.83. The van der Waals surface area contributed by atoms with E-state index in [0.717, 1.165) is 63.9 Å². The van der Waals surface area contributed by atoms with Crippen LogP contribution in [0.5, 0.6) is 0 Å². The van der Waals surface area contributed by atoms with Gasteiger partial charge in [-0.2, -0.15) is 5.10 Å². The quantitative estimate of drug-likeness (QED) is 0.878. The number of likely N-dealkylation sites (tertiary alicyclic amines) is 1. The number of nitrogens with zero attached hydrogens (tertiary/aromatic N) is 3. The van der Waals surface area contributed by atoms with Gasteiger partial charge in [0, 0.05) is 38.9 Å². The first-order valence-corrected chi connectivity index (χ1v) is 9.21. The zero-order chi connectivity index (χ0) is 17.2. The van der Waals surface area contributed by atoms with E-state index < -0.39 is 5.60 Å². The largest absolute Gasteiger partial charge is 0.389 e. The fraction of sp³-hybridized carbons (Fsp3) is 0.778. The van der Waals surface area contributed by atoms with Crippen molar-refractivity contribution in [3.63, 3.8) is 0 Å². The highest BCUT2D eigenvalue weighted by molar-refractivity contribution is 5.95. The molecule has 2 heterocycles. The Labute approximate surface area is 144 Å². The molecule has 2 N–H and O–H groups in total. The van der Waals surface area contributed by atoms with Crippen LogP contribution in [-0.2, 0) is 7.05 Å². The first kappa shape index (κ1) is 17.4. The van der Waals surface area contributed by atoms with E-state index in [1.807, 2.05) is 14.0 Å². The summed E-state index contributed by atoms with van der Waals surface area (Å²) in [5.41, 5.74) is 0.949. The number of hydrogen-bond donors (Lipinski definition) is 2. The van der Waals surface area contributed by atoms with E-state index in [0.29, 0.717) is 5.56 Å². The lowest BCUT2D eigenvalue weighted by atomic mass is 9.84. The summed E-state index contributed by atoms with van der Waals surface area (Å²) >= 11 is 0. The van der Waals surface area contributed by atoms with Crippen molar-refractivity contribution in [2.75, 3.05) is 19.6 Å². The summed E-state index contributed by atoms with van der Waals surface area (Å²) in [6.45, 7) is 4.54. The number of aryl methyl sites for hydroxylation is 2. The van der Waals surface area contributed by atoms with Crippen LogP contribution in [0.4, 0.5) is 0 Å². The molecule has 1 saturated carbocycles. The Balaban J connectivity index is 1.46. The topological polar surface area (TPSA) is 70.4 Å². The molecule has 0 unspecified atom stereocenters. The minimum atomic E-state index is -0.485. The van der Waals surface area contributed by atoms with Crippen LogP contribution >= 0.6 is 0 Å². The molecule has 2 aliphatic rings. The third-order valence-electron chi connectivity index (χ3n) is 5.48. The van der Waals surface area contributed by atoms with Crippen molar-refractivity contribution in [2.45, 2.75) is 63.5 Å². The van der Waals surface area contributed by atoms with Crippen molar-refractivity contribution in [1.82, 2.24) is 20.0 Å². The average molecular weight is 334 g/mol. The third kappa shape index (κ3) is 4.16. The van der Waals surface area contributed by atoms with E-state index in [2.05, 4.69) is 15.3 Å². The number of hydrogen-bond acceptors (Lipinski definition) is 4. The molecule has 3 rings (SSSR count). The number of β-amino-alcohol motifs (C(OH)–C–C–N with tert-alkyl or cyclic N) is 1. The molecule has 1 aromatic heterocycles. The van der Waals surface area contributed by atoms with Crippen molar-refractivity contribution < 1.29 is 9.90 Å². The van der Waals surface area contributed by atoms with Gasteiger partial charge < -0.3 is 15.3 Å². The van der Waals surface area contributed by atoms with Gasteiger partial charge in [0.1, 0.15) is 0 Å². The highest BCUT2D eigenvalue weighted by atomic mass is 16.3. The molecule has 0 bridgehead atoms. The second-order valence-corrected chi connectivity index (χ2v) is 7.61. The summed E-state index contributed by atoms with van der Waals surface area (Å²) in [5, 5.41) is 18.1. The predicted molar refractivity (Wildman–Crippen MR) is 92.9 cm³/mol.